The first kappa shape index (κ1) is 16.3. The van der Waals surface area contributed by atoms with Gasteiger partial charge in [-0.2, -0.15) is 0 Å². The van der Waals surface area contributed by atoms with E-state index in [1.54, 1.807) is 6.07 Å². The summed E-state index contributed by atoms with van der Waals surface area (Å²) in [4.78, 5) is 2.29. The van der Waals surface area contributed by atoms with Crippen molar-refractivity contribution in [2.45, 2.75) is 64.0 Å². The monoisotopic (exact) mass is 292 g/mol. The van der Waals surface area contributed by atoms with Crippen LogP contribution in [0.3, 0.4) is 0 Å². The fourth-order valence-electron chi connectivity index (χ4n) is 3.32. The predicted octanol–water partition coefficient (Wildman–Crippen LogP) is 4.41. The Balaban J connectivity index is 2.14. The Kier molecular flexibility index (Phi) is 4.92. The lowest BCUT2D eigenvalue weighted by Gasteiger charge is -2.37. The summed E-state index contributed by atoms with van der Waals surface area (Å²) in [6.07, 6.45) is 4.92. The Morgan fingerprint density at radius 3 is 2.38 bits per heavy atom. The molecule has 118 valence electrons. The van der Waals surface area contributed by atoms with Crippen LogP contribution >= 0.6 is 0 Å². The van der Waals surface area contributed by atoms with Gasteiger partial charge < -0.3 is 10.2 Å². The molecule has 1 fully saturated rings. The van der Waals surface area contributed by atoms with E-state index in [2.05, 4.69) is 24.3 Å². The number of hydrogen-bond donors (Lipinski definition) is 1. The lowest BCUT2D eigenvalue weighted by molar-refractivity contribution is 0.211. The van der Waals surface area contributed by atoms with Gasteiger partial charge in [-0.25, -0.2) is 4.39 Å². The summed E-state index contributed by atoms with van der Waals surface area (Å²) in [5.74, 6) is -0.107. The van der Waals surface area contributed by atoms with Crippen LogP contribution in [0.2, 0.25) is 0 Å². The van der Waals surface area contributed by atoms with E-state index in [-0.39, 0.29) is 11.2 Å². The number of halogens is 1. The molecule has 1 aromatic rings. The first-order valence-electron chi connectivity index (χ1n) is 8.02. The van der Waals surface area contributed by atoms with Gasteiger partial charge in [0.15, 0.2) is 0 Å². The molecule has 1 aromatic carbocycles. The molecule has 0 heterocycles. The summed E-state index contributed by atoms with van der Waals surface area (Å²) in [5, 5.41) is 3.55. The van der Waals surface area contributed by atoms with Crippen molar-refractivity contribution in [3.63, 3.8) is 0 Å². The second kappa shape index (κ2) is 6.35. The van der Waals surface area contributed by atoms with Crippen LogP contribution in [0.15, 0.2) is 18.2 Å². The number of likely N-dealkylation sites (N-methyl/N-ethyl adjacent to an activating group) is 1. The molecule has 21 heavy (non-hydrogen) atoms. The summed E-state index contributed by atoms with van der Waals surface area (Å²) in [6.45, 7) is 6.13. The molecular formula is C18H29FN2. The Bertz CT molecular complexity index is 477. The zero-order valence-corrected chi connectivity index (χ0v) is 14.0. The third-order valence-corrected chi connectivity index (χ3v) is 4.52. The molecule has 1 aliphatic carbocycles. The average Bonchev–Trinajstić information content (AvgIpc) is 2.37. The molecule has 3 heteroatoms. The molecular weight excluding hydrogens is 263 g/mol. The highest BCUT2D eigenvalue weighted by atomic mass is 19.1. The number of benzene rings is 1. The van der Waals surface area contributed by atoms with Crippen molar-refractivity contribution in [1.82, 2.24) is 4.90 Å². The molecule has 0 aliphatic heterocycles. The molecule has 0 bridgehead atoms. The Morgan fingerprint density at radius 2 is 1.81 bits per heavy atom. The van der Waals surface area contributed by atoms with Gasteiger partial charge in [0.2, 0.25) is 0 Å². The van der Waals surface area contributed by atoms with Gasteiger partial charge in [0.05, 0.1) is 0 Å². The van der Waals surface area contributed by atoms with Gasteiger partial charge in [-0.05, 0) is 50.0 Å². The first-order valence-corrected chi connectivity index (χ1v) is 8.02. The van der Waals surface area contributed by atoms with Gasteiger partial charge in [0.25, 0.3) is 0 Å². The first-order chi connectivity index (χ1) is 9.79. The van der Waals surface area contributed by atoms with Gasteiger partial charge >= 0.3 is 0 Å². The predicted molar refractivity (Wildman–Crippen MR) is 88.5 cm³/mol. The quantitative estimate of drug-likeness (QED) is 0.888. The molecule has 0 unspecified atom stereocenters. The standard InChI is InChI=1S/C18H29FN2/c1-18(2,3)14-11-10-13(12-15(14)19)20-16-8-6-7-9-17(16)21(4)5/h10-12,16-17,20H,6-9H2,1-5H3/t16-,17-/m0/s1. The molecule has 2 atom stereocenters. The summed E-state index contributed by atoms with van der Waals surface area (Å²) < 4.78 is 14.3. The SMILES string of the molecule is CN(C)[C@H]1CCCC[C@@H]1Nc1ccc(C(C)(C)C)c(F)c1. The van der Waals surface area contributed by atoms with E-state index in [4.69, 9.17) is 0 Å². The Labute approximate surface area is 128 Å². The number of nitrogens with zero attached hydrogens (tertiary/aromatic N) is 1. The van der Waals surface area contributed by atoms with Crippen molar-refractivity contribution in [3.05, 3.63) is 29.6 Å². The lowest BCUT2D eigenvalue weighted by Crippen LogP contribution is -2.45. The number of rotatable bonds is 3. The maximum atomic E-state index is 14.3. The van der Waals surface area contributed by atoms with Crippen molar-refractivity contribution in [1.29, 1.82) is 0 Å². The van der Waals surface area contributed by atoms with E-state index in [9.17, 15) is 4.39 Å². The molecule has 0 radical (unpaired) electrons. The van der Waals surface area contributed by atoms with Crippen LogP contribution in [0.4, 0.5) is 10.1 Å². The van der Waals surface area contributed by atoms with Crippen LogP contribution in [-0.4, -0.2) is 31.1 Å². The molecule has 1 aliphatic rings. The van der Waals surface area contributed by atoms with E-state index in [0.717, 1.165) is 17.7 Å². The van der Waals surface area contributed by atoms with E-state index in [1.807, 2.05) is 32.9 Å². The Hall–Kier alpha value is -1.09. The number of hydrogen-bond acceptors (Lipinski definition) is 2. The maximum absolute atomic E-state index is 14.3. The summed E-state index contributed by atoms with van der Waals surface area (Å²) in [5.41, 5.74) is 1.53. The van der Waals surface area contributed by atoms with Crippen molar-refractivity contribution >= 4 is 5.69 Å². The molecule has 1 N–H and O–H groups in total. The topological polar surface area (TPSA) is 15.3 Å². The fourth-order valence-corrected chi connectivity index (χ4v) is 3.32. The highest BCUT2D eigenvalue weighted by Crippen LogP contribution is 2.29. The highest BCUT2D eigenvalue weighted by molar-refractivity contribution is 5.47. The molecule has 1 saturated carbocycles. The van der Waals surface area contributed by atoms with Crippen LogP contribution < -0.4 is 5.32 Å². The zero-order chi connectivity index (χ0) is 15.6. The van der Waals surface area contributed by atoms with E-state index in [0.29, 0.717) is 12.1 Å². The van der Waals surface area contributed by atoms with Crippen LogP contribution in [0, 0.1) is 5.82 Å². The van der Waals surface area contributed by atoms with Crippen LogP contribution in [0.1, 0.15) is 52.0 Å². The average molecular weight is 292 g/mol. The zero-order valence-electron chi connectivity index (χ0n) is 14.0. The number of anilines is 1. The lowest BCUT2D eigenvalue weighted by atomic mass is 9.86. The van der Waals surface area contributed by atoms with E-state index >= 15 is 0 Å². The molecule has 0 spiro atoms. The number of nitrogens with one attached hydrogen (secondary N) is 1. The summed E-state index contributed by atoms with van der Waals surface area (Å²) >= 11 is 0. The minimum atomic E-state index is -0.153. The minimum absolute atomic E-state index is 0.107. The second-order valence-corrected chi connectivity index (χ2v) is 7.51. The smallest absolute Gasteiger partial charge is 0.128 e. The molecule has 0 amide bonds. The van der Waals surface area contributed by atoms with Gasteiger partial charge in [-0.15, -0.1) is 0 Å². The Morgan fingerprint density at radius 1 is 1.14 bits per heavy atom. The van der Waals surface area contributed by atoms with Crippen molar-refractivity contribution in [3.8, 4) is 0 Å². The summed E-state index contributed by atoms with van der Waals surface area (Å²) in [6, 6.07) is 6.54. The second-order valence-electron chi connectivity index (χ2n) is 7.51. The van der Waals surface area contributed by atoms with Crippen LogP contribution in [0.5, 0.6) is 0 Å². The normalized spacial score (nSPS) is 23.4. The van der Waals surface area contributed by atoms with Crippen LogP contribution in [0.25, 0.3) is 0 Å². The van der Waals surface area contributed by atoms with Crippen LogP contribution in [-0.2, 0) is 5.41 Å². The molecule has 0 aromatic heterocycles. The van der Waals surface area contributed by atoms with Crippen molar-refractivity contribution in [2.24, 2.45) is 0 Å². The highest BCUT2D eigenvalue weighted by Gasteiger charge is 2.27. The maximum Gasteiger partial charge on any atom is 0.128 e. The largest absolute Gasteiger partial charge is 0.381 e. The van der Waals surface area contributed by atoms with Gasteiger partial charge in [-0.1, -0.05) is 39.7 Å². The third-order valence-electron chi connectivity index (χ3n) is 4.52. The minimum Gasteiger partial charge on any atom is -0.381 e. The molecule has 0 saturated heterocycles. The van der Waals surface area contributed by atoms with Gasteiger partial charge in [0, 0.05) is 17.8 Å². The fraction of sp³-hybridized carbons (Fsp3) is 0.667. The molecule has 2 nitrogen and oxygen atoms in total. The van der Waals surface area contributed by atoms with Crippen molar-refractivity contribution in [2.75, 3.05) is 19.4 Å². The van der Waals surface area contributed by atoms with E-state index in [1.165, 1.54) is 19.3 Å². The van der Waals surface area contributed by atoms with Gasteiger partial charge in [0.1, 0.15) is 5.82 Å². The molecule has 2 rings (SSSR count). The third kappa shape index (κ3) is 3.97. The van der Waals surface area contributed by atoms with Gasteiger partial charge in [-0.3, -0.25) is 0 Å². The van der Waals surface area contributed by atoms with Crippen molar-refractivity contribution < 1.29 is 4.39 Å². The summed E-state index contributed by atoms with van der Waals surface area (Å²) in [7, 11) is 4.27. The van der Waals surface area contributed by atoms with E-state index < -0.39 is 0 Å².